The van der Waals surface area contributed by atoms with E-state index in [1.54, 1.807) is 36.3 Å². The van der Waals surface area contributed by atoms with E-state index in [0.717, 1.165) is 6.42 Å². The van der Waals surface area contributed by atoms with Crippen molar-refractivity contribution in [2.24, 2.45) is 0 Å². The van der Waals surface area contributed by atoms with E-state index in [1.165, 1.54) is 0 Å². The summed E-state index contributed by atoms with van der Waals surface area (Å²) in [5.41, 5.74) is 0. The van der Waals surface area contributed by atoms with Crippen LogP contribution in [0.2, 0.25) is 0 Å². The van der Waals surface area contributed by atoms with Gasteiger partial charge in [0.2, 0.25) is 0 Å². The number of hydrogen-bond donors (Lipinski definition) is 0. The number of amides is 2. The summed E-state index contributed by atoms with van der Waals surface area (Å²) in [5.74, 6) is 0. The topological polar surface area (TPSA) is 23.6 Å². The number of carbonyl (C=O) groups is 1. The van der Waals surface area contributed by atoms with Crippen molar-refractivity contribution in [3.8, 4) is 0 Å². The maximum Gasteiger partial charge on any atom is 0.327 e. The zero-order valence-corrected chi connectivity index (χ0v) is 6.82. The predicted octanol–water partition coefficient (Wildman–Crippen LogP) is 1.40. The van der Waals surface area contributed by atoms with Gasteiger partial charge < -0.3 is 4.90 Å². The Morgan fingerprint density at radius 1 is 1.36 bits per heavy atom. The SMILES string of the molecule is CN(C)C(=O)N1C=CCC=C1. The number of allylic oxidation sites excluding steroid dienone is 2. The molecule has 0 saturated heterocycles. The normalized spacial score (nSPS) is 15.3. The third kappa shape index (κ3) is 1.83. The van der Waals surface area contributed by atoms with Crippen molar-refractivity contribution in [2.45, 2.75) is 6.42 Å². The molecule has 0 unspecified atom stereocenters. The van der Waals surface area contributed by atoms with Gasteiger partial charge in [-0.25, -0.2) is 4.79 Å². The predicted molar refractivity (Wildman–Crippen MR) is 43.8 cm³/mol. The van der Waals surface area contributed by atoms with E-state index in [4.69, 9.17) is 0 Å². The Morgan fingerprint density at radius 2 is 1.91 bits per heavy atom. The van der Waals surface area contributed by atoms with Crippen LogP contribution in [-0.2, 0) is 0 Å². The lowest BCUT2D eigenvalue weighted by molar-refractivity contribution is 0.200. The Hall–Kier alpha value is -1.25. The summed E-state index contributed by atoms with van der Waals surface area (Å²) < 4.78 is 0. The van der Waals surface area contributed by atoms with E-state index in [-0.39, 0.29) is 6.03 Å². The van der Waals surface area contributed by atoms with Gasteiger partial charge in [-0.1, -0.05) is 12.2 Å². The van der Waals surface area contributed by atoms with Crippen LogP contribution in [0.5, 0.6) is 0 Å². The van der Waals surface area contributed by atoms with Gasteiger partial charge in [0, 0.05) is 26.5 Å². The highest BCUT2D eigenvalue weighted by molar-refractivity contribution is 5.76. The first-order valence-corrected chi connectivity index (χ1v) is 3.55. The molecule has 0 bridgehead atoms. The molecular weight excluding hydrogens is 140 g/mol. The molecule has 3 heteroatoms. The fourth-order valence-corrected chi connectivity index (χ4v) is 0.836. The minimum atomic E-state index is -0.0165. The maximum absolute atomic E-state index is 11.2. The number of urea groups is 1. The van der Waals surface area contributed by atoms with E-state index in [2.05, 4.69) is 0 Å². The van der Waals surface area contributed by atoms with Gasteiger partial charge in [-0.15, -0.1) is 0 Å². The lowest BCUT2D eigenvalue weighted by atomic mass is 10.3. The number of nitrogens with zero attached hydrogens (tertiary/aromatic N) is 2. The van der Waals surface area contributed by atoms with Crippen molar-refractivity contribution >= 4 is 6.03 Å². The summed E-state index contributed by atoms with van der Waals surface area (Å²) in [6, 6.07) is -0.0165. The van der Waals surface area contributed by atoms with Crippen LogP contribution in [0.15, 0.2) is 24.6 Å². The van der Waals surface area contributed by atoms with Crippen molar-refractivity contribution in [3.05, 3.63) is 24.6 Å². The van der Waals surface area contributed by atoms with Crippen LogP contribution in [0.3, 0.4) is 0 Å². The Kier molecular flexibility index (Phi) is 2.31. The Balaban J connectivity index is 2.60. The second-order valence-electron chi connectivity index (χ2n) is 2.59. The largest absolute Gasteiger partial charge is 0.330 e. The molecule has 1 aliphatic rings. The van der Waals surface area contributed by atoms with Crippen molar-refractivity contribution < 1.29 is 4.79 Å². The van der Waals surface area contributed by atoms with Gasteiger partial charge in [0.05, 0.1) is 0 Å². The van der Waals surface area contributed by atoms with Gasteiger partial charge in [-0.05, 0) is 6.42 Å². The van der Waals surface area contributed by atoms with Crippen LogP contribution in [-0.4, -0.2) is 29.9 Å². The Morgan fingerprint density at radius 3 is 2.36 bits per heavy atom. The number of carbonyl (C=O) groups excluding carboxylic acids is 1. The zero-order chi connectivity index (χ0) is 8.27. The molecule has 0 aliphatic carbocycles. The average Bonchev–Trinajstić information content (AvgIpc) is 2.05. The van der Waals surface area contributed by atoms with E-state index in [1.807, 2.05) is 12.2 Å². The molecular formula is C8H12N2O. The molecule has 0 aromatic heterocycles. The Bertz CT molecular complexity index is 194. The van der Waals surface area contributed by atoms with Crippen LogP contribution in [0.1, 0.15) is 6.42 Å². The highest BCUT2D eigenvalue weighted by atomic mass is 16.2. The van der Waals surface area contributed by atoms with Crippen LogP contribution in [0.25, 0.3) is 0 Å². The molecule has 0 aromatic rings. The van der Waals surface area contributed by atoms with Crippen LogP contribution in [0, 0.1) is 0 Å². The van der Waals surface area contributed by atoms with Gasteiger partial charge in [-0.3, -0.25) is 4.90 Å². The summed E-state index contributed by atoms with van der Waals surface area (Å²) in [5, 5.41) is 0. The van der Waals surface area contributed by atoms with Gasteiger partial charge in [-0.2, -0.15) is 0 Å². The van der Waals surface area contributed by atoms with Crippen LogP contribution >= 0.6 is 0 Å². The highest BCUT2D eigenvalue weighted by Crippen LogP contribution is 2.04. The maximum atomic E-state index is 11.2. The quantitative estimate of drug-likeness (QED) is 0.514. The fourth-order valence-electron chi connectivity index (χ4n) is 0.836. The monoisotopic (exact) mass is 152 g/mol. The molecule has 60 valence electrons. The van der Waals surface area contributed by atoms with Crippen molar-refractivity contribution in [2.75, 3.05) is 14.1 Å². The van der Waals surface area contributed by atoms with Gasteiger partial charge in [0.25, 0.3) is 0 Å². The smallest absolute Gasteiger partial charge is 0.327 e. The second kappa shape index (κ2) is 3.23. The van der Waals surface area contributed by atoms with Gasteiger partial charge in [0.15, 0.2) is 0 Å². The van der Waals surface area contributed by atoms with Gasteiger partial charge >= 0.3 is 6.03 Å². The molecule has 0 aromatic carbocycles. The lowest BCUT2D eigenvalue weighted by Gasteiger charge is -2.20. The lowest BCUT2D eigenvalue weighted by Crippen LogP contribution is -2.32. The minimum Gasteiger partial charge on any atom is -0.330 e. The molecule has 1 aliphatic heterocycles. The first-order chi connectivity index (χ1) is 5.22. The molecule has 3 nitrogen and oxygen atoms in total. The third-order valence-electron chi connectivity index (χ3n) is 1.41. The molecule has 0 spiro atoms. The van der Waals surface area contributed by atoms with Crippen molar-refractivity contribution in [1.29, 1.82) is 0 Å². The second-order valence-corrected chi connectivity index (χ2v) is 2.59. The first-order valence-electron chi connectivity index (χ1n) is 3.55. The molecule has 0 saturated carbocycles. The van der Waals surface area contributed by atoms with E-state index >= 15 is 0 Å². The highest BCUT2D eigenvalue weighted by Gasteiger charge is 2.09. The molecule has 2 amide bonds. The zero-order valence-electron chi connectivity index (χ0n) is 6.82. The van der Waals surface area contributed by atoms with Crippen molar-refractivity contribution in [1.82, 2.24) is 9.80 Å². The fraction of sp³-hybridized carbons (Fsp3) is 0.375. The standard InChI is InChI=1S/C8H12N2O/c1-9(2)8(11)10-6-4-3-5-7-10/h4-7H,3H2,1-2H3. The summed E-state index contributed by atoms with van der Waals surface area (Å²) in [6.45, 7) is 0. The molecule has 0 radical (unpaired) electrons. The molecule has 11 heavy (non-hydrogen) atoms. The molecule has 0 N–H and O–H groups in total. The Labute approximate surface area is 66.6 Å². The summed E-state index contributed by atoms with van der Waals surface area (Å²) in [6.07, 6.45) is 8.37. The van der Waals surface area contributed by atoms with E-state index < -0.39 is 0 Å². The summed E-state index contributed by atoms with van der Waals surface area (Å²) in [4.78, 5) is 14.3. The van der Waals surface area contributed by atoms with E-state index in [0.29, 0.717) is 0 Å². The first kappa shape index (κ1) is 7.85. The van der Waals surface area contributed by atoms with Gasteiger partial charge in [0.1, 0.15) is 0 Å². The summed E-state index contributed by atoms with van der Waals surface area (Å²) in [7, 11) is 3.47. The molecule has 1 heterocycles. The molecule has 0 atom stereocenters. The molecule has 1 rings (SSSR count). The number of rotatable bonds is 0. The minimum absolute atomic E-state index is 0.0165. The number of hydrogen-bond acceptors (Lipinski definition) is 1. The average molecular weight is 152 g/mol. The summed E-state index contributed by atoms with van der Waals surface area (Å²) >= 11 is 0. The third-order valence-corrected chi connectivity index (χ3v) is 1.41. The van der Waals surface area contributed by atoms with Crippen LogP contribution < -0.4 is 0 Å². The van der Waals surface area contributed by atoms with Crippen LogP contribution in [0.4, 0.5) is 4.79 Å². The van der Waals surface area contributed by atoms with E-state index in [9.17, 15) is 4.79 Å². The molecule has 0 fully saturated rings. The van der Waals surface area contributed by atoms with Crippen molar-refractivity contribution in [3.63, 3.8) is 0 Å².